The molecule has 0 saturated heterocycles. The third-order valence-electron chi connectivity index (χ3n) is 9.19. The molecule has 0 unspecified atom stereocenters. The van der Waals surface area contributed by atoms with Crippen LogP contribution >= 0.6 is 0 Å². The van der Waals surface area contributed by atoms with Gasteiger partial charge in [-0.1, -0.05) is 131 Å². The summed E-state index contributed by atoms with van der Waals surface area (Å²) in [5.41, 5.74) is 13.4. The van der Waals surface area contributed by atoms with Crippen molar-refractivity contribution in [1.29, 1.82) is 0 Å². The number of para-hydroxylation sites is 4. The van der Waals surface area contributed by atoms with Crippen molar-refractivity contribution in [1.82, 2.24) is 9.55 Å². The van der Waals surface area contributed by atoms with E-state index in [0.29, 0.717) is 11.8 Å². The molecule has 0 fully saturated rings. The summed E-state index contributed by atoms with van der Waals surface area (Å²) in [5, 5.41) is 2.19. The topological polar surface area (TPSA) is 31.0 Å². The lowest BCUT2D eigenvalue weighted by Crippen LogP contribution is -2.08. The molecule has 224 valence electrons. The van der Waals surface area contributed by atoms with Crippen molar-refractivity contribution < 1.29 is 4.42 Å². The van der Waals surface area contributed by atoms with Crippen molar-refractivity contribution in [2.75, 3.05) is 0 Å². The van der Waals surface area contributed by atoms with Crippen LogP contribution in [0.1, 0.15) is 50.7 Å². The van der Waals surface area contributed by atoms with Gasteiger partial charge >= 0.3 is 0 Å². The van der Waals surface area contributed by atoms with Crippen molar-refractivity contribution in [2.24, 2.45) is 0 Å². The minimum atomic E-state index is 0.349. The van der Waals surface area contributed by atoms with Crippen LogP contribution in [-0.4, -0.2) is 9.55 Å². The van der Waals surface area contributed by atoms with Crippen LogP contribution in [0, 0.1) is 0 Å². The largest absolute Gasteiger partial charge is 0.455 e. The van der Waals surface area contributed by atoms with Crippen LogP contribution in [0.5, 0.6) is 0 Å². The molecule has 2 heterocycles. The minimum Gasteiger partial charge on any atom is -0.455 e. The third-order valence-corrected chi connectivity index (χ3v) is 9.19. The molecule has 46 heavy (non-hydrogen) atoms. The lowest BCUT2D eigenvalue weighted by molar-refractivity contribution is 0.669. The molecule has 0 aliphatic carbocycles. The van der Waals surface area contributed by atoms with Gasteiger partial charge in [-0.2, -0.15) is 0 Å². The van der Waals surface area contributed by atoms with E-state index in [1.165, 1.54) is 39.1 Å². The van der Waals surface area contributed by atoms with E-state index in [4.69, 9.17) is 9.40 Å². The Kier molecular flexibility index (Phi) is 6.83. The highest BCUT2D eigenvalue weighted by atomic mass is 16.3. The first-order valence-electron chi connectivity index (χ1n) is 16.2. The molecule has 0 spiro atoms. The summed E-state index contributed by atoms with van der Waals surface area (Å²) in [6.07, 6.45) is 0. The van der Waals surface area contributed by atoms with Crippen molar-refractivity contribution in [3.8, 4) is 39.3 Å². The Balaban J connectivity index is 1.37. The molecule has 2 aromatic heterocycles. The summed E-state index contributed by atoms with van der Waals surface area (Å²) in [4.78, 5) is 5.29. The molecule has 0 atom stereocenters. The Labute approximate surface area is 269 Å². The van der Waals surface area contributed by atoms with Gasteiger partial charge < -0.3 is 4.42 Å². The Hall–Kier alpha value is -5.41. The summed E-state index contributed by atoms with van der Waals surface area (Å²) in [7, 11) is 0. The smallest absolute Gasteiger partial charge is 0.149 e. The Morgan fingerprint density at radius 1 is 0.543 bits per heavy atom. The second-order valence-electron chi connectivity index (χ2n) is 12.8. The normalized spacial score (nSPS) is 11.9. The molecule has 6 aromatic carbocycles. The van der Waals surface area contributed by atoms with E-state index in [2.05, 4.69) is 166 Å². The molecule has 0 aliphatic heterocycles. The molecule has 0 N–H and O–H groups in total. The maximum atomic E-state index is 6.73. The van der Waals surface area contributed by atoms with Crippen LogP contribution in [0.15, 0.2) is 138 Å². The van der Waals surface area contributed by atoms with E-state index in [0.717, 1.165) is 44.4 Å². The highest BCUT2D eigenvalue weighted by molar-refractivity contribution is 6.11. The molecule has 0 radical (unpaired) electrons. The van der Waals surface area contributed by atoms with Crippen LogP contribution in [0.4, 0.5) is 0 Å². The number of hydrogen-bond donors (Lipinski definition) is 0. The first kappa shape index (κ1) is 28.1. The van der Waals surface area contributed by atoms with Gasteiger partial charge in [0, 0.05) is 10.8 Å². The second-order valence-corrected chi connectivity index (χ2v) is 12.8. The van der Waals surface area contributed by atoms with Gasteiger partial charge in [0.1, 0.15) is 17.0 Å². The van der Waals surface area contributed by atoms with E-state index in [-0.39, 0.29) is 0 Å². The average molecular weight is 597 g/mol. The predicted molar refractivity (Wildman–Crippen MR) is 193 cm³/mol. The molecular formula is C43H36N2O. The standard InChI is InChI=1S/C43H36N2O/c1-27(2)31-18-12-19-32(28(3)4)41(31)45-39-23-11-10-22-38(39)44-43(45)36-21-13-20-35-37-26-30(24-25-40(37)46-42(35)36)34-17-9-8-16-33(34)29-14-6-5-7-15-29/h5-28H,1-4H3. The van der Waals surface area contributed by atoms with Gasteiger partial charge in [-0.15, -0.1) is 0 Å². The average Bonchev–Trinajstić information content (AvgIpc) is 3.66. The summed E-state index contributed by atoms with van der Waals surface area (Å²) in [6.45, 7) is 9.09. The molecule has 0 saturated carbocycles. The molecule has 0 amide bonds. The van der Waals surface area contributed by atoms with Crippen molar-refractivity contribution in [3.63, 3.8) is 0 Å². The van der Waals surface area contributed by atoms with Crippen molar-refractivity contribution >= 4 is 33.0 Å². The fraction of sp³-hybridized carbons (Fsp3) is 0.140. The monoisotopic (exact) mass is 596 g/mol. The number of fused-ring (bicyclic) bond motifs is 4. The fourth-order valence-electron chi connectivity index (χ4n) is 6.95. The van der Waals surface area contributed by atoms with E-state index in [9.17, 15) is 0 Å². The first-order valence-corrected chi connectivity index (χ1v) is 16.2. The van der Waals surface area contributed by atoms with Gasteiger partial charge in [-0.3, -0.25) is 4.57 Å². The number of rotatable bonds is 6. The molecule has 0 bridgehead atoms. The zero-order valence-electron chi connectivity index (χ0n) is 26.7. The van der Waals surface area contributed by atoms with Gasteiger partial charge in [0.2, 0.25) is 0 Å². The quantitative estimate of drug-likeness (QED) is 0.191. The third kappa shape index (κ3) is 4.54. The maximum absolute atomic E-state index is 6.73. The summed E-state index contributed by atoms with van der Waals surface area (Å²) in [5.74, 6) is 1.60. The Morgan fingerprint density at radius 2 is 1.17 bits per heavy atom. The number of furan rings is 1. The summed E-state index contributed by atoms with van der Waals surface area (Å²) in [6, 6.07) is 47.4. The van der Waals surface area contributed by atoms with Crippen LogP contribution in [0.3, 0.4) is 0 Å². The predicted octanol–water partition coefficient (Wildman–Crippen LogP) is 12.2. The molecule has 8 aromatic rings. The van der Waals surface area contributed by atoms with Gasteiger partial charge in [-0.25, -0.2) is 4.98 Å². The molecular weight excluding hydrogens is 560 g/mol. The number of aromatic nitrogens is 2. The lowest BCUT2D eigenvalue weighted by atomic mass is 9.92. The molecule has 3 heteroatoms. The molecule has 3 nitrogen and oxygen atoms in total. The number of nitrogens with zero attached hydrogens (tertiary/aromatic N) is 2. The SMILES string of the molecule is CC(C)c1cccc(C(C)C)c1-n1c(-c2cccc3c2oc2ccc(-c4ccccc4-c4ccccc4)cc23)nc2ccccc21. The van der Waals surface area contributed by atoms with E-state index in [1.54, 1.807) is 0 Å². The zero-order chi connectivity index (χ0) is 31.4. The van der Waals surface area contributed by atoms with Crippen molar-refractivity contribution in [3.05, 3.63) is 145 Å². The zero-order valence-corrected chi connectivity index (χ0v) is 26.7. The molecule has 0 aliphatic rings. The summed E-state index contributed by atoms with van der Waals surface area (Å²) < 4.78 is 9.11. The van der Waals surface area contributed by atoms with Crippen molar-refractivity contribution in [2.45, 2.75) is 39.5 Å². The number of hydrogen-bond acceptors (Lipinski definition) is 2. The van der Waals surface area contributed by atoms with Gasteiger partial charge in [0.25, 0.3) is 0 Å². The van der Waals surface area contributed by atoms with Gasteiger partial charge in [0.15, 0.2) is 0 Å². The van der Waals surface area contributed by atoms with Crippen LogP contribution in [0.2, 0.25) is 0 Å². The molecule has 8 rings (SSSR count). The highest BCUT2D eigenvalue weighted by Crippen LogP contribution is 2.42. The van der Waals surface area contributed by atoms with E-state index in [1.807, 2.05) is 0 Å². The van der Waals surface area contributed by atoms with Gasteiger partial charge in [-0.05, 0) is 75.5 Å². The second kappa shape index (κ2) is 11.2. The van der Waals surface area contributed by atoms with E-state index >= 15 is 0 Å². The number of imidazole rings is 1. The lowest BCUT2D eigenvalue weighted by Gasteiger charge is -2.22. The van der Waals surface area contributed by atoms with Crippen LogP contribution in [0.25, 0.3) is 72.3 Å². The first-order chi connectivity index (χ1) is 22.5. The Morgan fingerprint density at radius 3 is 1.91 bits per heavy atom. The van der Waals surface area contributed by atoms with Crippen LogP contribution < -0.4 is 0 Å². The fourth-order valence-corrected chi connectivity index (χ4v) is 6.95. The number of benzene rings is 6. The van der Waals surface area contributed by atoms with Gasteiger partial charge in [0.05, 0.1) is 22.3 Å². The van der Waals surface area contributed by atoms with E-state index < -0.39 is 0 Å². The summed E-state index contributed by atoms with van der Waals surface area (Å²) >= 11 is 0. The maximum Gasteiger partial charge on any atom is 0.149 e. The minimum absolute atomic E-state index is 0.349. The highest BCUT2D eigenvalue weighted by Gasteiger charge is 2.24. The van der Waals surface area contributed by atoms with Crippen LogP contribution in [-0.2, 0) is 0 Å². The Bertz CT molecular complexity index is 2350.